The quantitative estimate of drug-likeness (QED) is 0.155. The van der Waals surface area contributed by atoms with Crippen molar-refractivity contribution < 1.29 is 0 Å². The lowest BCUT2D eigenvalue weighted by atomic mass is 9.82. The molecule has 0 fully saturated rings. The molecular weight excluding hydrogens is 793 g/mol. The van der Waals surface area contributed by atoms with Crippen molar-refractivity contribution in [2.45, 2.75) is 19.3 Å². The van der Waals surface area contributed by atoms with Gasteiger partial charge in [0.25, 0.3) is 0 Å². The van der Waals surface area contributed by atoms with Crippen LogP contribution in [0.4, 0.5) is 0 Å². The third-order valence-corrected chi connectivity index (χ3v) is 13.1. The van der Waals surface area contributed by atoms with Gasteiger partial charge in [0.1, 0.15) is 0 Å². The molecule has 0 atom stereocenters. The van der Waals surface area contributed by atoms with Gasteiger partial charge in [-0.05, 0) is 104 Å². The number of benzene rings is 8. The van der Waals surface area contributed by atoms with Crippen LogP contribution in [0.3, 0.4) is 0 Å². The first kappa shape index (κ1) is 38.0. The number of nitriles is 1. The molecule has 0 amide bonds. The number of nitrogens with zero attached hydrogens (tertiary/aromatic N) is 6. The van der Waals surface area contributed by atoms with Crippen molar-refractivity contribution in [2.75, 3.05) is 0 Å². The summed E-state index contributed by atoms with van der Waals surface area (Å²) in [5, 5.41) is 13.6. The van der Waals surface area contributed by atoms with E-state index in [1.54, 1.807) is 0 Å². The maximum atomic E-state index is 9.28. The second-order valence-corrected chi connectivity index (χ2v) is 17.2. The number of aromatic nitrogens is 5. The van der Waals surface area contributed by atoms with Gasteiger partial charge in [0.2, 0.25) is 0 Å². The highest BCUT2D eigenvalue weighted by molar-refractivity contribution is 6.22. The molecule has 1 aliphatic rings. The number of pyridine rings is 2. The van der Waals surface area contributed by atoms with Crippen molar-refractivity contribution in [3.8, 4) is 84.7 Å². The minimum Gasteiger partial charge on any atom is -0.256 e. The van der Waals surface area contributed by atoms with Gasteiger partial charge >= 0.3 is 0 Å². The molecule has 0 unspecified atom stereocenters. The Hall–Kier alpha value is -8.66. The molecule has 6 nitrogen and oxygen atoms in total. The average molecular weight is 831 g/mol. The Morgan fingerprint density at radius 2 is 0.877 bits per heavy atom. The highest BCUT2D eigenvalue weighted by Gasteiger charge is 2.35. The van der Waals surface area contributed by atoms with E-state index in [1.165, 1.54) is 22.3 Å². The van der Waals surface area contributed by atoms with Gasteiger partial charge in [-0.1, -0.05) is 147 Å². The summed E-state index contributed by atoms with van der Waals surface area (Å²) in [4.78, 5) is 25.5. The van der Waals surface area contributed by atoms with Gasteiger partial charge in [-0.25, -0.2) is 15.0 Å². The lowest BCUT2D eigenvalue weighted by Gasteiger charge is -2.21. The van der Waals surface area contributed by atoms with Gasteiger partial charge < -0.3 is 0 Å². The first-order valence-corrected chi connectivity index (χ1v) is 21.8. The number of fused-ring (bicyclic) bond motifs is 8. The highest BCUT2D eigenvalue weighted by atomic mass is 15.0. The molecule has 0 bridgehead atoms. The van der Waals surface area contributed by atoms with Gasteiger partial charge in [-0.2, -0.15) is 5.26 Å². The van der Waals surface area contributed by atoms with Crippen LogP contribution in [0.2, 0.25) is 0 Å². The second-order valence-electron chi connectivity index (χ2n) is 17.2. The monoisotopic (exact) mass is 830 g/mol. The van der Waals surface area contributed by atoms with Gasteiger partial charge in [0.15, 0.2) is 17.5 Å². The van der Waals surface area contributed by atoms with E-state index in [2.05, 4.69) is 135 Å². The summed E-state index contributed by atoms with van der Waals surface area (Å²) < 4.78 is 0. The van der Waals surface area contributed by atoms with Crippen molar-refractivity contribution in [1.29, 1.82) is 5.26 Å². The Kier molecular flexibility index (Phi) is 8.79. The minimum atomic E-state index is -0.159. The van der Waals surface area contributed by atoms with E-state index in [-0.39, 0.29) is 5.41 Å². The molecule has 0 saturated heterocycles. The zero-order valence-electron chi connectivity index (χ0n) is 35.7. The van der Waals surface area contributed by atoms with Gasteiger partial charge in [-0.15, -0.1) is 0 Å². The van der Waals surface area contributed by atoms with Crippen molar-refractivity contribution in [1.82, 2.24) is 24.9 Å². The van der Waals surface area contributed by atoms with E-state index in [4.69, 9.17) is 24.9 Å². The molecule has 0 radical (unpaired) electrons. The first-order valence-electron chi connectivity index (χ1n) is 21.8. The summed E-state index contributed by atoms with van der Waals surface area (Å²) in [6, 6.07) is 65.3. The van der Waals surface area contributed by atoms with Crippen LogP contribution in [0.5, 0.6) is 0 Å². The van der Waals surface area contributed by atoms with E-state index in [1.807, 2.05) is 79.1 Å². The van der Waals surface area contributed by atoms with Crippen molar-refractivity contribution >= 4 is 32.6 Å². The number of hydrogen-bond donors (Lipinski definition) is 0. The fourth-order valence-electron chi connectivity index (χ4n) is 9.74. The summed E-state index contributed by atoms with van der Waals surface area (Å²) in [5.41, 5.74) is 16.5. The van der Waals surface area contributed by atoms with Crippen LogP contribution in [0.25, 0.3) is 111 Å². The number of rotatable bonds is 6. The third-order valence-electron chi connectivity index (χ3n) is 13.1. The van der Waals surface area contributed by atoms with Crippen LogP contribution in [0.1, 0.15) is 30.5 Å². The van der Waals surface area contributed by atoms with Gasteiger partial charge in [0, 0.05) is 56.4 Å². The molecule has 0 N–H and O–H groups in total. The molecule has 0 aliphatic heterocycles. The second kappa shape index (κ2) is 15.0. The first-order chi connectivity index (χ1) is 31.9. The average Bonchev–Trinajstić information content (AvgIpc) is 3.61. The predicted octanol–water partition coefficient (Wildman–Crippen LogP) is 14.3. The maximum Gasteiger partial charge on any atom is 0.164 e. The van der Waals surface area contributed by atoms with Gasteiger partial charge in [-0.3, -0.25) is 9.97 Å². The molecule has 3 heterocycles. The standard InChI is InChI=1S/C59H38N6/c1-59(2)52-18-7-6-15-44(52)45-28-27-43(32-53(45)59)58-64-56(40-11-4-3-5-12-40)63-57(65-58)42-14-8-13-41(31-42)49-34-51-46-16-9-29-61-54(46)48(33-50(51)47-17-10-30-62-55(47)49)39-25-23-38(24-26-39)37-21-19-36(35-60)20-22-37/h3-34H,1-2H3. The molecular formula is C59H38N6. The zero-order valence-corrected chi connectivity index (χ0v) is 35.7. The molecule has 6 heteroatoms. The largest absolute Gasteiger partial charge is 0.256 e. The SMILES string of the molecule is CC1(C)c2ccccc2-c2ccc(-c3nc(-c4ccccc4)nc(-c4cccc(-c5cc6c7cccnc7c(-c7ccc(-c8ccc(C#N)cc8)cc7)cc6c6cccnc56)c4)n3)cc21. The summed E-state index contributed by atoms with van der Waals surface area (Å²) in [6.07, 6.45) is 3.73. The van der Waals surface area contributed by atoms with Crippen molar-refractivity contribution in [2.24, 2.45) is 0 Å². The van der Waals surface area contributed by atoms with E-state index in [0.717, 1.165) is 82.6 Å². The van der Waals surface area contributed by atoms with Crippen LogP contribution in [-0.2, 0) is 5.41 Å². The summed E-state index contributed by atoms with van der Waals surface area (Å²) in [6.45, 7) is 4.59. The van der Waals surface area contributed by atoms with Gasteiger partial charge in [0.05, 0.1) is 22.7 Å². The summed E-state index contributed by atoms with van der Waals surface area (Å²) >= 11 is 0. The topological polar surface area (TPSA) is 88.2 Å². The maximum absolute atomic E-state index is 9.28. The Labute approximate surface area is 376 Å². The fourth-order valence-corrected chi connectivity index (χ4v) is 9.74. The lowest BCUT2D eigenvalue weighted by molar-refractivity contribution is 0.660. The molecule has 1 aliphatic carbocycles. The van der Waals surface area contributed by atoms with Crippen LogP contribution in [0.15, 0.2) is 194 Å². The fraction of sp³-hybridized carbons (Fsp3) is 0.0508. The van der Waals surface area contributed by atoms with E-state index in [9.17, 15) is 5.26 Å². The third kappa shape index (κ3) is 6.36. The van der Waals surface area contributed by atoms with Crippen LogP contribution in [0, 0.1) is 11.3 Å². The van der Waals surface area contributed by atoms with E-state index >= 15 is 0 Å². The van der Waals surface area contributed by atoms with Crippen LogP contribution >= 0.6 is 0 Å². The highest BCUT2D eigenvalue weighted by Crippen LogP contribution is 2.49. The molecule has 0 saturated carbocycles. The van der Waals surface area contributed by atoms with Crippen molar-refractivity contribution in [3.05, 3.63) is 211 Å². The van der Waals surface area contributed by atoms with Crippen molar-refractivity contribution in [3.63, 3.8) is 0 Å². The Balaban J connectivity index is 0.987. The Morgan fingerprint density at radius 1 is 0.369 bits per heavy atom. The van der Waals surface area contributed by atoms with Crippen LogP contribution < -0.4 is 0 Å². The smallest absolute Gasteiger partial charge is 0.164 e. The summed E-state index contributed by atoms with van der Waals surface area (Å²) in [7, 11) is 0. The predicted molar refractivity (Wildman–Crippen MR) is 263 cm³/mol. The molecule has 65 heavy (non-hydrogen) atoms. The summed E-state index contributed by atoms with van der Waals surface area (Å²) in [5.74, 6) is 1.85. The number of hydrogen-bond acceptors (Lipinski definition) is 6. The van der Waals surface area contributed by atoms with E-state index in [0.29, 0.717) is 23.0 Å². The molecule has 3 aromatic heterocycles. The van der Waals surface area contributed by atoms with Crippen LogP contribution in [-0.4, -0.2) is 24.9 Å². The molecule has 304 valence electrons. The molecule has 12 rings (SSSR count). The Morgan fingerprint density at radius 3 is 1.54 bits per heavy atom. The lowest BCUT2D eigenvalue weighted by Crippen LogP contribution is -2.15. The minimum absolute atomic E-state index is 0.159. The normalized spacial score (nSPS) is 12.6. The van der Waals surface area contributed by atoms with E-state index < -0.39 is 0 Å². The Bertz CT molecular complexity index is 3740. The molecule has 0 spiro atoms. The zero-order chi connectivity index (χ0) is 43.6. The molecule has 8 aromatic carbocycles. The molecule has 11 aromatic rings.